The van der Waals surface area contributed by atoms with E-state index >= 15 is 0 Å². The number of furan rings is 1. The van der Waals surface area contributed by atoms with Crippen LogP contribution in [-0.4, -0.2) is 21.9 Å². The summed E-state index contributed by atoms with van der Waals surface area (Å²) in [6.07, 6.45) is 1.52. The van der Waals surface area contributed by atoms with E-state index in [0.29, 0.717) is 33.7 Å². The van der Waals surface area contributed by atoms with Crippen LogP contribution in [0.15, 0.2) is 15.6 Å². The van der Waals surface area contributed by atoms with Crippen molar-refractivity contribution in [2.24, 2.45) is 11.0 Å². The number of aryl methyl sites for hydroxylation is 3. The number of amides is 1. The molecule has 0 atom stereocenters. The first kappa shape index (κ1) is 17.3. The van der Waals surface area contributed by atoms with E-state index in [1.165, 1.54) is 6.21 Å². The zero-order chi connectivity index (χ0) is 17.1. The molecule has 2 aromatic rings. The van der Waals surface area contributed by atoms with Gasteiger partial charge in [0.2, 0.25) is 0 Å². The van der Waals surface area contributed by atoms with Gasteiger partial charge in [-0.05, 0) is 32.8 Å². The minimum atomic E-state index is -0.320. The summed E-state index contributed by atoms with van der Waals surface area (Å²) >= 11 is 6.32. The van der Waals surface area contributed by atoms with Gasteiger partial charge >= 0.3 is 0 Å². The number of hydrogen-bond acceptors (Lipinski definition) is 4. The van der Waals surface area contributed by atoms with Crippen molar-refractivity contribution in [2.45, 2.75) is 41.2 Å². The summed E-state index contributed by atoms with van der Waals surface area (Å²) in [4.78, 5) is 12.1. The molecule has 23 heavy (non-hydrogen) atoms. The van der Waals surface area contributed by atoms with Gasteiger partial charge in [0, 0.05) is 6.54 Å². The fourth-order valence-electron chi connectivity index (χ4n) is 2.25. The Morgan fingerprint density at radius 2 is 2.17 bits per heavy atom. The van der Waals surface area contributed by atoms with Crippen molar-refractivity contribution in [3.63, 3.8) is 0 Å². The van der Waals surface area contributed by atoms with E-state index in [1.807, 2.05) is 6.92 Å². The van der Waals surface area contributed by atoms with Crippen molar-refractivity contribution in [3.05, 3.63) is 39.6 Å². The Bertz CT molecular complexity index is 744. The van der Waals surface area contributed by atoms with Gasteiger partial charge in [0.1, 0.15) is 16.7 Å². The molecule has 124 valence electrons. The van der Waals surface area contributed by atoms with Gasteiger partial charge in [0.25, 0.3) is 5.91 Å². The largest absolute Gasteiger partial charge is 0.466 e. The van der Waals surface area contributed by atoms with Crippen molar-refractivity contribution in [1.82, 2.24) is 15.2 Å². The summed E-state index contributed by atoms with van der Waals surface area (Å²) in [5.41, 5.74) is 4.42. The second-order valence-electron chi connectivity index (χ2n) is 5.89. The summed E-state index contributed by atoms with van der Waals surface area (Å²) in [5, 5.41) is 8.89. The quantitative estimate of drug-likeness (QED) is 0.671. The van der Waals surface area contributed by atoms with Crippen LogP contribution in [0.3, 0.4) is 0 Å². The molecule has 0 unspecified atom stereocenters. The molecule has 1 amide bonds. The maximum absolute atomic E-state index is 12.1. The number of carbonyl (C=O) groups is 1. The van der Waals surface area contributed by atoms with Gasteiger partial charge in [-0.3, -0.25) is 9.48 Å². The second kappa shape index (κ2) is 7.00. The zero-order valence-electron chi connectivity index (χ0n) is 14.0. The summed E-state index contributed by atoms with van der Waals surface area (Å²) in [6, 6.07) is 1.68. The van der Waals surface area contributed by atoms with E-state index in [4.69, 9.17) is 16.0 Å². The van der Waals surface area contributed by atoms with Gasteiger partial charge < -0.3 is 4.42 Å². The molecule has 2 rings (SSSR count). The average Bonchev–Trinajstić information content (AvgIpc) is 2.91. The topological polar surface area (TPSA) is 72.4 Å². The van der Waals surface area contributed by atoms with Crippen LogP contribution in [0, 0.1) is 26.7 Å². The predicted octanol–water partition coefficient (Wildman–Crippen LogP) is 3.47. The summed E-state index contributed by atoms with van der Waals surface area (Å²) in [7, 11) is 0. The van der Waals surface area contributed by atoms with E-state index in [0.717, 1.165) is 12.2 Å². The van der Waals surface area contributed by atoms with E-state index in [9.17, 15) is 4.79 Å². The van der Waals surface area contributed by atoms with Gasteiger partial charge in [-0.1, -0.05) is 25.4 Å². The first-order valence-electron chi connectivity index (χ1n) is 7.43. The molecule has 0 aromatic carbocycles. The van der Waals surface area contributed by atoms with E-state index in [-0.39, 0.29) is 5.91 Å². The lowest BCUT2D eigenvalue weighted by atomic mass is 10.2. The Morgan fingerprint density at radius 3 is 2.74 bits per heavy atom. The van der Waals surface area contributed by atoms with Crippen LogP contribution in [0.25, 0.3) is 0 Å². The minimum Gasteiger partial charge on any atom is -0.466 e. The highest BCUT2D eigenvalue weighted by atomic mass is 35.5. The molecule has 0 fully saturated rings. The number of aromatic nitrogens is 2. The number of nitrogens with one attached hydrogen (secondary N) is 1. The molecule has 2 aromatic heterocycles. The van der Waals surface area contributed by atoms with Crippen LogP contribution >= 0.6 is 11.6 Å². The molecule has 2 heterocycles. The molecular formula is C16H21ClN4O2. The maximum atomic E-state index is 12.1. The molecule has 0 aliphatic carbocycles. The maximum Gasteiger partial charge on any atom is 0.274 e. The molecule has 0 aliphatic rings. The SMILES string of the molecule is Cc1cc(C(=O)N/N=C\c2c(C)nn(CC(C)C)c2Cl)c(C)o1. The normalized spacial score (nSPS) is 11.6. The molecule has 0 aliphatic heterocycles. The third-order valence-electron chi connectivity index (χ3n) is 3.29. The van der Waals surface area contributed by atoms with Crippen LogP contribution in [0.1, 0.15) is 47.0 Å². The number of rotatable bonds is 5. The first-order valence-corrected chi connectivity index (χ1v) is 7.80. The number of carbonyl (C=O) groups excluding carboxylic acids is 1. The fourth-order valence-corrected chi connectivity index (χ4v) is 2.54. The summed E-state index contributed by atoms with van der Waals surface area (Å²) in [6.45, 7) is 10.3. The lowest BCUT2D eigenvalue weighted by Gasteiger charge is -2.05. The highest BCUT2D eigenvalue weighted by Gasteiger charge is 2.14. The number of hydrazone groups is 1. The van der Waals surface area contributed by atoms with Crippen LogP contribution < -0.4 is 5.43 Å². The van der Waals surface area contributed by atoms with Gasteiger partial charge in [0.05, 0.1) is 23.0 Å². The highest BCUT2D eigenvalue weighted by Crippen LogP contribution is 2.19. The summed E-state index contributed by atoms with van der Waals surface area (Å²) < 4.78 is 7.08. The standard InChI is InChI=1S/C16H21ClN4O2/c1-9(2)8-21-15(17)14(11(4)20-21)7-18-19-16(22)13-6-10(3)23-12(13)5/h6-7,9H,8H2,1-5H3,(H,19,22)/b18-7-. The van der Waals surface area contributed by atoms with Crippen LogP contribution in [0.2, 0.25) is 5.15 Å². The zero-order valence-corrected chi connectivity index (χ0v) is 14.7. The Balaban J connectivity index is 2.10. The van der Waals surface area contributed by atoms with E-state index < -0.39 is 0 Å². The smallest absolute Gasteiger partial charge is 0.274 e. The van der Waals surface area contributed by atoms with E-state index in [2.05, 4.69) is 29.5 Å². The van der Waals surface area contributed by atoms with Gasteiger partial charge in [-0.2, -0.15) is 10.2 Å². The summed E-state index contributed by atoms with van der Waals surface area (Å²) in [5.74, 6) is 1.36. The molecule has 0 saturated heterocycles. The fraction of sp³-hybridized carbons (Fsp3) is 0.438. The Kier molecular flexibility index (Phi) is 5.26. The Hall–Kier alpha value is -2.08. The number of nitrogens with zero attached hydrogens (tertiary/aromatic N) is 3. The molecule has 0 bridgehead atoms. The van der Waals surface area contributed by atoms with Crippen molar-refractivity contribution in [1.29, 1.82) is 0 Å². The lowest BCUT2D eigenvalue weighted by molar-refractivity contribution is 0.0953. The van der Waals surface area contributed by atoms with E-state index in [1.54, 1.807) is 24.6 Å². The van der Waals surface area contributed by atoms with Gasteiger partial charge in [-0.25, -0.2) is 5.43 Å². The monoisotopic (exact) mass is 336 g/mol. The van der Waals surface area contributed by atoms with Crippen molar-refractivity contribution >= 4 is 23.7 Å². The van der Waals surface area contributed by atoms with Gasteiger partial charge in [0.15, 0.2) is 0 Å². The molecule has 1 N–H and O–H groups in total. The Morgan fingerprint density at radius 1 is 1.48 bits per heavy atom. The average molecular weight is 337 g/mol. The Labute approximate surface area is 140 Å². The lowest BCUT2D eigenvalue weighted by Crippen LogP contribution is -2.17. The highest BCUT2D eigenvalue weighted by molar-refractivity contribution is 6.32. The van der Waals surface area contributed by atoms with Crippen molar-refractivity contribution < 1.29 is 9.21 Å². The first-order chi connectivity index (χ1) is 10.8. The molecule has 0 spiro atoms. The van der Waals surface area contributed by atoms with Crippen molar-refractivity contribution in [3.8, 4) is 0 Å². The number of hydrogen-bond donors (Lipinski definition) is 1. The third-order valence-corrected chi connectivity index (χ3v) is 3.69. The second-order valence-corrected chi connectivity index (χ2v) is 6.25. The molecule has 6 nitrogen and oxygen atoms in total. The third kappa shape index (κ3) is 4.01. The number of halogens is 1. The molecule has 0 saturated carbocycles. The molecular weight excluding hydrogens is 316 g/mol. The predicted molar refractivity (Wildman–Crippen MR) is 90.1 cm³/mol. The minimum absolute atomic E-state index is 0.320. The van der Waals surface area contributed by atoms with Crippen molar-refractivity contribution in [2.75, 3.05) is 0 Å². The van der Waals surface area contributed by atoms with Gasteiger partial charge in [-0.15, -0.1) is 0 Å². The van der Waals surface area contributed by atoms with Crippen LogP contribution in [-0.2, 0) is 6.54 Å². The molecule has 7 heteroatoms. The van der Waals surface area contributed by atoms with Crippen LogP contribution in [0.5, 0.6) is 0 Å². The van der Waals surface area contributed by atoms with Crippen LogP contribution in [0.4, 0.5) is 0 Å². The molecule has 0 radical (unpaired) electrons.